The van der Waals surface area contributed by atoms with Crippen molar-refractivity contribution in [1.82, 2.24) is 4.90 Å². The molecule has 5 heteroatoms. The Morgan fingerprint density at radius 1 is 0.935 bits per heavy atom. The third-order valence-corrected chi connectivity index (χ3v) is 6.39. The summed E-state index contributed by atoms with van der Waals surface area (Å²) in [7, 11) is 1.81. The molecule has 2 aliphatic rings. The molecule has 0 N–H and O–H groups in total. The molecule has 2 aromatic carbocycles. The van der Waals surface area contributed by atoms with Crippen molar-refractivity contribution in [2.75, 3.05) is 38.3 Å². The first-order chi connectivity index (χ1) is 15.1. The van der Waals surface area contributed by atoms with Gasteiger partial charge < -0.3 is 14.5 Å². The lowest BCUT2D eigenvalue weighted by Gasteiger charge is -2.29. The van der Waals surface area contributed by atoms with Crippen LogP contribution in [0.2, 0.25) is 0 Å². The van der Waals surface area contributed by atoms with Crippen LogP contribution in [0.1, 0.15) is 52.7 Å². The molecule has 0 radical (unpaired) electrons. The van der Waals surface area contributed by atoms with E-state index in [1.807, 2.05) is 19.2 Å². The first-order valence-corrected chi connectivity index (χ1v) is 11.4. The third kappa shape index (κ3) is 5.53. The monoisotopic (exact) mass is 420 g/mol. The van der Waals surface area contributed by atoms with E-state index in [2.05, 4.69) is 35.2 Å². The topological polar surface area (TPSA) is 49.9 Å². The van der Waals surface area contributed by atoms with Crippen LogP contribution >= 0.6 is 0 Å². The van der Waals surface area contributed by atoms with Gasteiger partial charge in [0.15, 0.2) is 5.78 Å². The molecule has 1 aliphatic heterocycles. The molecule has 0 unspecified atom stereocenters. The summed E-state index contributed by atoms with van der Waals surface area (Å²) >= 11 is 0. The van der Waals surface area contributed by atoms with Crippen LogP contribution in [-0.2, 0) is 28.9 Å². The summed E-state index contributed by atoms with van der Waals surface area (Å²) in [5.41, 5.74) is 5.71. The number of rotatable bonds is 7. The molecule has 1 heterocycles. The van der Waals surface area contributed by atoms with Crippen molar-refractivity contribution in [2.45, 2.75) is 45.1 Å². The smallest absolute Gasteiger partial charge is 0.223 e. The number of carbonyl (C=O) groups excluding carboxylic acids is 2. The summed E-state index contributed by atoms with van der Waals surface area (Å²) in [4.78, 5) is 29.2. The molecule has 1 aliphatic carbocycles. The van der Waals surface area contributed by atoms with Crippen LogP contribution in [0.15, 0.2) is 42.5 Å². The maximum absolute atomic E-state index is 12.6. The first kappa shape index (κ1) is 21.6. The second-order valence-electron chi connectivity index (χ2n) is 8.63. The highest BCUT2D eigenvalue weighted by Gasteiger charge is 2.16. The number of fused-ring (bicyclic) bond motifs is 1. The van der Waals surface area contributed by atoms with Gasteiger partial charge in [0.25, 0.3) is 0 Å². The summed E-state index contributed by atoms with van der Waals surface area (Å²) in [6.45, 7) is 3.91. The van der Waals surface area contributed by atoms with Gasteiger partial charge in [-0.15, -0.1) is 0 Å². The van der Waals surface area contributed by atoms with E-state index in [-0.39, 0.29) is 24.5 Å². The largest absolute Gasteiger partial charge is 0.378 e. The van der Waals surface area contributed by atoms with Crippen molar-refractivity contribution in [1.29, 1.82) is 0 Å². The predicted molar refractivity (Wildman–Crippen MR) is 123 cm³/mol. The molecule has 0 aromatic heterocycles. The van der Waals surface area contributed by atoms with Gasteiger partial charge in [-0.3, -0.25) is 9.59 Å². The Morgan fingerprint density at radius 2 is 1.65 bits per heavy atom. The van der Waals surface area contributed by atoms with Crippen molar-refractivity contribution >= 4 is 17.4 Å². The molecule has 164 valence electrons. The minimum absolute atomic E-state index is 0.00330. The highest BCUT2D eigenvalue weighted by atomic mass is 16.5. The fraction of sp³-hybridized carbons (Fsp3) is 0.462. The molecule has 5 nitrogen and oxygen atoms in total. The summed E-state index contributed by atoms with van der Waals surface area (Å²) in [6.07, 6.45) is 5.11. The van der Waals surface area contributed by atoms with Crippen molar-refractivity contribution in [3.05, 3.63) is 64.7 Å². The van der Waals surface area contributed by atoms with Crippen LogP contribution in [-0.4, -0.2) is 49.9 Å². The van der Waals surface area contributed by atoms with E-state index < -0.39 is 0 Å². The number of nitrogens with zero attached hydrogens (tertiary/aromatic N) is 2. The number of amides is 1. The second kappa shape index (κ2) is 10.1. The number of anilines is 1. The Bertz CT molecular complexity index is 917. The fourth-order valence-electron chi connectivity index (χ4n) is 4.46. The van der Waals surface area contributed by atoms with E-state index in [4.69, 9.17) is 4.74 Å². The van der Waals surface area contributed by atoms with Gasteiger partial charge in [-0.05, 0) is 60.6 Å². The summed E-state index contributed by atoms with van der Waals surface area (Å²) in [6, 6.07) is 14.4. The molecule has 0 atom stereocenters. The van der Waals surface area contributed by atoms with Crippen LogP contribution in [0.4, 0.5) is 5.69 Å². The third-order valence-electron chi connectivity index (χ3n) is 6.39. The van der Waals surface area contributed by atoms with E-state index in [9.17, 15) is 9.59 Å². The molecule has 0 bridgehead atoms. The number of ether oxygens (including phenoxy) is 1. The Labute approximate surface area is 185 Å². The predicted octanol–water partition coefficient (Wildman–Crippen LogP) is 4.02. The molecule has 2 aromatic rings. The Balaban J connectivity index is 1.27. The normalized spacial score (nSPS) is 16.0. The Kier molecular flexibility index (Phi) is 7.03. The van der Waals surface area contributed by atoms with Gasteiger partial charge in [0.05, 0.1) is 13.2 Å². The number of hydrogen-bond donors (Lipinski definition) is 0. The van der Waals surface area contributed by atoms with Crippen LogP contribution < -0.4 is 4.90 Å². The fourth-order valence-corrected chi connectivity index (χ4v) is 4.46. The zero-order valence-corrected chi connectivity index (χ0v) is 18.4. The lowest BCUT2D eigenvalue weighted by atomic mass is 9.89. The van der Waals surface area contributed by atoms with Crippen molar-refractivity contribution < 1.29 is 14.3 Å². The summed E-state index contributed by atoms with van der Waals surface area (Å²) in [5.74, 6) is 0.0635. The van der Waals surface area contributed by atoms with E-state index in [1.54, 1.807) is 4.90 Å². The average Bonchev–Trinajstić information content (AvgIpc) is 2.83. The quantitative estimate of drug-likeness (QED) is 0.635. The van der Waals surface area contributed by atoms with Crippen LogP contribution in [0.25, 0.3) is 0 Å². The lowest BCUT2D eigenvalue weighted by Crippen LogP contribution is -2.36. The number of Topliss-reactive ketones (excluding diaryl/α,β-unsaturated/α-hetero) is 1. The van der Waals surface area contributed by atoms with Crippen molar-refractivity contribution in [3.8, 4) is 0 Å². The Morgan fingerprint density at radius 3 is 2.39 bits per heavy atom. The Hall–Kier alpha value is -2.66. The molecular formula is C26H32N2O3. The maximum Gasteiger partial charge on any atom is 0.223 e. The van der Waals surface area contributed by atoms with E-state index in [0.717, 1.165) is 50.3 Å². The minimum Gasteiger partial charge on any atom is -0.378 e. The van der Waals surface area contributed by atoms with Gasteiger partial charge in [-0.1, -0.05) is 24.3 Å². The number of benzene rings is 2. The minimum atomic E-state index is 0.00330. The van der Waals surface area contributed by atoms with Crippen LogP contribution in [0, 0.1) is 0 Å². The SMILES string of the molecule is CN(Cc1ccc(N2CCOCC2)cc1)C(=O)CCC(=O)c1ccc2c(c1)CCCC2. The molecule has 31 heavy (non-hydrogen) atoms. The van der Waals surface area contributed by atoms with E-state index >= 15 is 0 Å². The van der Waals surface area contributed by atoms with Gasteiger partial charge in [-0.2, -0.15) is 0 Å². The highest BCUT2D eigenvalue weighted by Crippen LogP contribution is 2.23. The maximum atomic E-state index is 12.6. The van der Waals surface area contributed by atoms with Crippen LogP contribution in [0.5, 0.6) is 0 Å². The highest BCUT2D eigenvalue weighted by molar-refractivity contribution is 5.98. The van der Waals surface area contributed by atoms with Crippen LogP contribution in [0.3, 0.4) is 0 Å². The number of hydrogen-bond acceptors (Lipinski definition) is 4. The molecule has 0 spiro atoms. The number of morpholine rings is 1. The molecule has 0 saturated carbocycles. The van der Waals surface area contributed by atoms with Crippen molar-refractivity contribution in [3.63, 3.8) is 0 Å². The molecular weight excluding hydrogens is 388 g/mol. The summed E-state index contributed by atoms with van der Waals surface area (Å²) < 4.78 is 5.41. The summed E-state index contributed by atoms with van der Waals surface area (Å²) in [5, 5.41) is 0. The molecule has 1 saturated heterocycles. The second-order valence-corrected chi connectivity index (χ2v) is 8.63. The van der Waals surface area contributed by atoms with E-state index in [1.165, 1.54) is 29.7 Å². The number of carbonyl (C=O) groups is 2. The van der Waals surface area contributed by atoms with E-state index in [0.29, 0.717) is 6.54 Å². The molecule has 1 fully saturated rings. The van der Waals surface area contributed by atoms with Gasteiger partial charge in [-0.25, -0.2) is 0 Å². The lowest BCUT2D eigenvalue weighted by molar-refractivity contribution is -0.130. The van der Waals surface area contributed by atoms with Gasteiger partial charge in [0.2, 0.25) is 5.91 Å². The zero-order chi connectivity index (χ0) is 21.6. The van der Waals surface area contributed by atoms with Gasteiger partial charge >= 0.3 is 0 Å². The zero-order valence-electron chi connectivity index (χ0n) is 18.4. The van der Waals surface area contributed by atoms with Crippen molar-refractivity contribution in [2.24, 2.45) is 0 Å². The average molecular weight is 421 g/mol. The van der Waals surface area contributed by atoms with Gasteiger partial charge in [0.1, 0.15) is 0 Å². The number of aryl methyl sites for hydroxylation is 2. The number of ketones is 1. The molecule has 1 amide bonds. The molecule has 4 rings (SSSR count). The van der Waals surface area contributed by atoms with Gasteiger partial charge in [0, 0.05) is 50.8 Å². The first-order valence-electron chi connectivity index (χ1n) is 11.4. The standard InChI is InChI=1S/C26H32N2O3/c1-27(19-20-6-10-24(11-7-20)28-14-16-31-17-15-28)26(30)13-12-25(29)23-9-8-21-4-2-3-5-22(21)18-23/h6-11,18H,2-5,12-17,19H2,1H3.